The van der Waals surface area contributed by atoms with Crippen molar-refractivity contribution in [3.63, 3.8) is 0 Å². The molecule has 0 atom stereocenters. The molecule has 0 fully saturated rings. The van der Waals surface area contributed by atoms with Crippen LogP contribution in [0.15, 0.2) is 16.6 Å². The van der Waals surface area contributed by atoms with E-state index in [-0.39, 0.29) is 5.56 Å². The zero-order valence-corrected chi connectivity index (χ0v) is 9.12. The van der Waals surface area contributed by atoms with Crippen molar-refractivity contribution in [2.24, 2.45) is 0 Å². The van der Waals surface area contributed by atoms with Crippen LogP contribution in [0.1, 0.15) is 5.56 Å². The van der Waals surface area contributed by atoms with E-state index in [0.29, 0.717) is 4.47 Å². The first-order valence-corrected chi connectivity index (χ1v) is 4.61. The van der Waals surface area contributed by atoms with Crippen molar-refractivity contribution < 1.29 is 18.4 Å². The van der Waals surface area contributed by atoms with Gasteiger partial charge in [-0.15, -0.1) is 0 Å². The maximum atomic E-state index is 11.9. The van der Waals surface area contributed by atoms with Gasteiger partial charge in [0.2, 0.25) is 5.75 Å². The molecule has 0 aliphatic heterocycles. The van der Waals surface area contributed by atoms with E-state index >= 15 is 0 Å². The van der Waals surface area contributed by atoms with Gasteiger partial charge in [0, 0.05) is 10.0 Å². The third kappa shape index (κ3) is 2.62. The number of ether oxygens (including phenoxy) is 1. The van der Waals surface area contributed by atoms with Crippen LogP contribution in [0, 0.1) is 17.0 Å². The minimum absolute atomic E-state index is 0.248. The molecule has 0 unspecified atom stereocenters. The second-order valence-corrected chi connectivity index (χ2v) is 3.51. The lowest BCUT2D eigenvalue weighted by Gasteiger charge is -2.07. The Kier molecular flexibility index (Phi) is 3.57. The summed E-state index contributed by atoms with van der Waals surface area (Å²) in [5.41, 5.74) is -0.206. The van der Waals surface area contributed by atoms with Crippen LogP contribution in [-0.2, 0) is 0 Å². The summed E-state index contributed by atoms with van der Waals surface area (Å²) < 4.78 is 28.4. The number of hydrogen-bond donors (Lipinski definition) is 0. The third-order valence-corrected chi connectivity index (χ3v) is 2.59. The van der Waals surface area contributed by atoms with E-state index in [0.717, 1.165) is 6.07 Å². The molecule has 0 amide bonds. The van der Waals surface area contributed by atoms with Gasteiger partial charge < -0.3 is 4.74 Å². The molecule has 0 saturated heterocycles. The molecule has 0 aliphatic rings. The van der Waals surface area contributed by atoms with Crippen LogP contribution in [0.3, 0.4) is 0 Å². The fourth-order valence-electron chi connectivity index (χ4n) is 1.07. The van der Waals surface area contributed by atoms with Crippen LogP contribution in [0.2, 0.25) is 0 Å². The molecule has 0 aliphatic carbocycles. The second-order valence-electron chi connectivity index (χ2n) is 2.65. The van der Waals surface area contributed by atoms with Crippen molar-refractivity contribution >= 4 is 21.6 Å². The second kappa shape index (κ2) is 4.52. The van der Waals surface area contributed by atoms with Crippen LogP contribution in [0.5, 0.6) is 5.75 Å². The van der Waals surface area contributed by atoms with E-state index in [9.17, 15) is 18.9 Å². The van der Waals surface area contributed by atoms with Crippen molar-refractivity contribution in [3.8, 4) is 5.75 Å². The summed E-state index contributed by atoms with van der Waals surface area (Å²) in [4.78, 5) is 9.88. The maximum absolute atomic E-state index is 11.9. The maximum Gasteiger partial charge on any atom is 0.387 e. The number of nitro benzene ring substituents is 1. The predicted octanol–water partition coefficient (Wildman–Crippen LogP) is 3.27. The standard InChI is InChI=1S/C8H6BrF2NO3/c1-4-5(9)2-3-6(15-8(10)11)7(4)12(13)14/h2-3,8H,1H3. The molecule has 7 heteroatoms. The molecule has 0 spiro atoms. The summed E-state index contributed by atoms with van der Waals surface area (Å²) in [7, 11) is 0. The van der Waals surface area contributed by atoms with Gasteiger partial charge in [-0.3, -0.25) is 10.1 Å². The van der Waals surface area contributed by atoms with Gasteiger partial charge in [-0.2, -0.15) is 8.78 Å². The summed E-state index contributed by atoms with van der Waals surface area (Å²) in [6.45, 7) is -1.63. The average Bonchev–Trinajstić information content (AvgIpc) is 2.10. The van der Waals surface area contributed by atoms with E-state index in [1.54, 1.807) is 0 Å². The molecular formula is C8H6BrF2NO3. The molecule has 0 saturated carbocycles. The van der Waals surface area contributed by atoms with Gasteiger partial charge in [-0.1, -0.05) is 15.9 Å². The first-order chi connectivity index (χ1) is 6.93. The molecule has 0 aromatic heterocycles. The topological polar surface area (TPSA) is 52.4 Å². The molecule has 1 aromatic carbocycles. The summed E-state index contributed by atoms with van der Waals surface area (Å²) >= 11 is 3.07. The monoisotopic (exact) mass is 281 g/mol. The molecular weight excluding hydrogens is 276 g/mol. The molecule has 15 heavy (non-hydrogen) atoms. The Labute approximate surface area is 92.1 Å². The number of nitro groups is 1. The molecule has 0 heterocycles. The number of alkyl halides is 2. The largest absolute Gasteiger partial charge is 0.427 e. The van der Waals surface area contributed by atoms with Gasteiger partial charge in [-0.25, -0.2) is 0 Å². The highest BCUT2D eigenvalue weighted by Gasteiger charge is 2.22. The van der Waals surface area contributed by atoms with Crippen LogP contribution >= 0.6 is 15.9 Å². The molecule has 1 aromatic rings. The van der Waals surface area contributed by atoms with Crippen LogP contribution in [0.25, 0.3) is 0 Å². The van der Waals surface area contributed by atoms with Crippen LogP contribution < -0.4 is 4.74 Å². The van der Waals surface area contributed by atoms with Crippen LogP contribution in [0.4, 0.5) is 14.5 Å². The highest BCUT2D eigenvalue weighted by Crippen LogP contribution is 2.35. The summed E-state index contributed by atoms with van der Waals surface area (Å²) in [5, 5.41) is 10.6. The summed E-state index contributed by atoms with van der Waals surface area (Å²) in [6.07, 6.45) is 0. The Morgan fingerprint density at radius 3 is 2.60 bits per heavy atom. The third-order valence-electron chi connectivity index (χ3n) is 1.73. The minimum Gasteiger partial charge on any atom is -0.427 e. The van der Waals surface area contributed by atoms with Gasteiger partial charge >= 0.3 is 12.3 Å². The van der Waals surface area contributed by atoms with E-state index in [1.165, 1.54) is 13.0 Å². The lowest BCUT2D eigenvalue weighted by molar-refractivity contribution is -0.387. The predicted molar refractivity (Wildman–Crippen MR) is 52.2 cm³/mol. The molecule has 0 radical (unpaired) electrons. The average molecular weight is 282 g/mol. The van der Waals surface area contributed by atoms with Crippen molar-refractivity contribution in [3.05, 3.63) is 32.3 Å². The molecule has 4 nitrogen and oxygen atoms in total. The van der Waals surface area contributed by atoms with E-state index < -0.39 is 23.0 Å². The Morgan fingerprint density at radius 1 is 1.53 bits per heavy atom. The number of hydrogen-bond acceptors (Lipinski definition) is 3. The highest BCUT2D eigenvalue weighted by molar-refractivity contribution is 9.10. The van der Waals surface area contributed by atoms with Gasteiger partial charge in [0.15, 0.2) is 0 Å². The van der Waals surface area contributed by atoms with E-state index in [1.807, 2.05) is 0 Å². The number of nitrogens with zero attached hydrogens (tertiary/aromatic N) is 1. The smallest absolute Gasteiger partial charge is 0.387 e. The van der Waals surface area contributed by atoms with Crippen molar-refractivity contribution in [1.82, 2.24) is 0 Å². The normalized spacial score (nSPS) is 10.5. The highest BCUT2D eigenvalue weighted by atomic mass is 79.9. The fourth-order valence-corrected chi connectivity index (χ4v) is 1.39. The Hall–Kier alpha value is -1.24. The lowest BCUT2D eigenvalue weighted by Crippen LogP contribution is -2.05. The van der Waals surface area contributed by atoms with E-state index in [2.05, 4.69) is 20.7 Å². The van der Waals surface area contributed by atoms with Crippen molar-refractivity contribution in [2.45, 2.75) is 13.5 Å². The lowest BCUT2D eigenvalue weighted by atomic mass is 10.2. The quantitative estimate of drug-likeness (QED) is 0.631. The first kappa shape index (κ1) is 11.8. The number of rotatable bonds is 3. The van der Waals surface area contributed by atoms with Gasteiger partial charge in [0.25, 0.3) is 0 Å². The SMILES string of the molecule is Cc1c(Br)ccc(OC(F)F)c1[N+](=O)[O-]. The summed E-state index contributed by atoms with van der Waals surface area (Å²) in [6, 6.07) is 2.54. The molecule has 82 valence electrons. The van der Waals surface area contributed by atoms with E-state index in [4.69, 9.17) is 0 Å². The zero-order chi connectivity index (χ0) is 11.6. The molecule has 0 bridgehead atoms. The summed E-state index contributed by atoms with van der Waals surface area (Å²) in [5.74, 6) is -0.435. The van der Waals surface area contributed by atoms with Crippen molar-refractivity contribution in [1.29, 1.82) is 0 Å². The first-order valence-electron chi connectivity index (χ1n) is 3.81. The Bertz CT molecular complexity index is 398. The Morgan fingerprint density at radius 2 is 2.13 bits per heavy atom. The minimum atomic E-state index is -3.08. The van der Waals surface area contributed by atoms with Crippen molar-refractivity contribution in [2.75, 3.05) is 0 Å². The van der Waals surface area contributed by atoms with Gasteiger partial charge in [0.05, 0.1) is 4.92 Å². The zero-order valence-electron chi connectivity index (χ0n) is 7.54. The fraction of sp³-hybridized carbons (Fsp3) is 0.250. The molecule has 1 rings (SSSR count). The van der Waals surface area contributed by atoms with Gasteiger partial charge in [-0.05, 0) is 19.1 Å². The molecule has 0 N–H and O–H groups in total. The number of halogens is 3. The Balaban J connectivity index is 3.27. The number of benzene rings is 1. The van der Waals surface area contributed by atoms with Crippen LogP contribution in [-0.4, -0.2) is 11.5 Å². The van der Waals surface area contributed by atoms with Gasteiger partial charge in [0.1, 0.15) is 0 Å².